The fraction of sp³-hybridized carbons (Fsp3) is 0.588. The Morgan fingerprint density at radius 1 is 1.19 bits per heavy atom. The smallest absolute Gasteiger partial charge is 0.254 e. The van der Waals surface area contributed by atoms with Crippen molar-refractivity contribution in [2.24, 2.45) is 0 Å². The first kappa shape index (κ1) is 14.5. The summed E-state index contributed by atoms with van der Waals surface area (Å²) in [4.78, 5) is 17.2. The van der Waals surface area contributed by atoms with Crippen molar-refractivity contribution in [3.8, 4) is 0 Å². The highest BCUT2D eigenvalue weighted by Gasteiger charge is 2.38. The second-order valence-electron chi connectivity index (χ2n) is 6.36. The molecule has 3 nitrogen and oxygen atoms in total. The van der Waals surface area contributed by atoms with Crippen LogP contribution in [0.1, 0.15) is 41.6 Å². The molecule has 1 aromatic rings. The van der Waals surface area contributed by atoms with Gasteiger partial charge in [-0.2, -0.15) is 0 Å². The monoisotopic (exact) mass is 290 g/mol. The molecule has 1 amide bonds. The molecule has 0 aromatic heterocycles. The quantitative estimate of drug-likeness (QED) is 0.836. The van der Waals surface area contributed by atoms with E-state index in [4.69, 9.17) is 0 Å². The summed E-state index contributed by atoms with van der Waals surface area (Å²) in [7, 11) is 2.14. The van der Waals surface area contributed by atoms with Gasteiger partial charge in [-0.3, -0.25) is 4.79 Å². The van der Waals surface area contributed by atoms with E-state index in [1.807, 2.05) is 11.8 Å². The van der Waals surface area contributed by atoms with E-state index in [-0.39, 0.29) is 17.8 Å². The molecule has 1 aromatic carbocycles. The van der Waals surface area contributed by atoms with Gasteiger partial charge in [-0.1, -0.05) is 6.07 Å². The SMILES string of the molecule is Cc1ccc(F)cc1C(=O)N1CCCC1C1CCCN1C. The molecular weight excluding hydrogens is 267 g/mol. The van der Waals surface area contributed by atoms with Crippen LogP contribution >= 0.6 is 0 Å². The van der Waals surface area contributed by atoms with Gasteiger partial charge in [0, 0.05) is 24.2 Å². The highest BCUT2D eigenvalue weighted by molar-refractivity contribution is 5.96. The molecule has 21 heavy (non-hydrogen) atoms. The Labute approximate surface area is 125 Å². The molecular formula is C17H23FN2O. The van der Waals surface area contributed by atoms with Crippen LogP contribution in [0.3, 0.4) is 0 Å². The van der Waals surface area contributed by atoms with Crippen molar-refractivity contribution in [2.45, 2.75) is 44.7 Å². The summed E-state index contributed by atoms with van der Waals surface area (Å²) in [5.41, 5.74) is 1.37. The average molecular weight is 290 g/mol. The third kappa shape index (κ3) is 2.69. The van der Waals surface area contributed by atoms with Crippen LogP contribution in [0.2, 0.25) is 0 Å². The van der Waals surface area contributed by atoms with Crippen LogP contribution in [0.5, 0.6) is 0 Å². The third-order valence-electron chi connectivity index (χ3n) is 5.01. The summed E-state index contributed by atoms with van der Waals surface area (Å²) in [5.74, 6) is -0.340. The number of carbonyl (C=O) groups excluding carboxylic acids is 1. The number of hydrogen-bond donors (Lipinski definition) is 0. The third-order valence-corrected chi connectivity index (χ3v) is 5.01. The molecule has 2 fully saturated rings. The molecule has 2 aliphatic rings. The zero-order chi connectivity index (χ0) is 15.0. The maximum Gasteiger partial charge on any atom is 0.254 e. The van der Waals surface area contributed by atoms with Crippen LogP contribution < -0.4 is 0 Å². The molecule has 114 valence electrons. The van der Waals surface area contributed by atoms with Crippen molar-refractivity contribution >= 4 is 5.91 Å². The molecule has 0 bridgehead atoms. The Hall–Kier alpha value is -1.42. The van der Waals surface area contributed by atoms with Crippen LogP contribution in [-0.2, 0) is 0 Å². The van der Waals surface area contributed by atoms with E-state index in [9.17, 15) is 9.18 Å². The topological polar surface area (TPSA) is 23.6 Å². The summed E-state index contributed by atoms with van der Waals surface area (Å²) in [6.45, 7) is 3.78. The molecule has 2 heterocycles. The van der Waals surface area contributed by atoms with Crippen molar-refractivity contribution in [2.75, 3.05) is 20.1 Å². The maximum absolute atomic E-state index is 13.5. The largest absolute Gasteiger partial charge is 0.334 e. The number of rotatable bonds is 2. The minimum Gasteiger partial charge on any atom is -0.334 e. The van der Waals surface area contributed by atoms with Gasteiger partial charge in [-0.05, 0) is 63.9 Å². The van der Waals surface area contributed by atoms with Crippen LogP contribution in [0, 0.1) is 12.7 Å². The Bertz CT molecular complexity index is 546. The van der Waals surface area contributed by atoms with E-state index >= 15 is 0 Å². The van der Waals surface area contributed by atoms with Crippen molar-refractivity contribution < 1.29 is 9.18 Å². The Kier molecular flexibility index (Phi) is 3.98. The van der Waals surface area contributed by atoms with E-state index in [1.54, 1.807) is 6.07 Å². The van der Waals surface area contributed by atoms with E-state index in [1.165, 1.54) is 18.6 Å². The fourth-order valence-corrected chi connectivity index (χ4v) is 3.85. The van der Waals surface area contributed by atoms with Gasteiger partial charge in [0.25, 0.3) is 5.91 Å². The van der Waals surface area contributed by atoms with Crippen LogP contribution in [0.15, 0.2) is 18.2 Å². The van der Waals surface area contributed by atoms with Gasteiger partial charge in [-0.15, -0.1) is 0 Å². The zero-order valence-corrected chi connectivity index (χ0v) is 12.8. The van der Waals surface area contributed by atoms with Gasteiger partial charge in [0.2, 0.25) is 0 Å². The fourth-order valence-electron chi connectivity index (χ4n) is 3.85. The number of aryl methyl sites for hydroxylation is 1. The van der Waals surface area contributed by atoms with Crippen molar-refractivity contribution in [1.29, 1.82) is 0 Å². The Morgan fingerprint density at radius 3 is 2.62 bits per heavy atom. The number of amides is 1. The summed E-state index contributed by atoms with van der Waals surface area (Å²) < 4.78 is 13.5. The van der Waals surface area contributed by atoms with Gasteiger partial charge in [0.05, 0.1) is 0 Å². The number of carbonyl (C=O) groups is 1. The van der Waals surface area contributed by atoms with Crippen LogP contribution in [-0.4, -0.2) is 47.9 Å². The normalized spacial score (nSPS) is 26.5. The van der Waals surface area contributed by atoms with Crippen molar-refractivity contribution in [1.82, 2.24) is 9.80 Å². The first-order valence-corrected chi connectivity index (χ1v) is 7.85. The second kappa shape index (κ2) is 5.76. The molecule has 2 saturated heterocycles. The van der Waals surface area contributed by atoms with E-state index < -0.39 is 0 Å². The molecule has 4 heteroatoms. The standard InChI is InChI=1S/C17H23FN2O/c1-12-7-8-13(18)11-14(12)17(21)20-10-4-6-16(20)15-5-3-9-19(15)2/h7-8,11,15-16H,3-6,9-10H2,1-2H3. The minimum absolute atomic E-state index is 0.00481. The van der Waals surface area contributed by atoms with Gasteiger partial charge in [-0.25, -0.2) is 4.39 Å². The summed E-state index contributed by atoms with van der Waals surface area (Å²) in [6.07, 6.45) is 4.48. The molecule has 0 aliphatic carbocycles. The number of halogens is 1. The predicted molar refractivity (Wildman–Crippen MR) is 80.8 cm³/mol. The van der Waals surface area contributed by atoms with Crippen LogP contribution in [0.25, 0.3) is 0 Å². The highest BCUT2D eigenvalue weighted by atomic mass is 19.1. The summed E-state index contributed by atoms with van der Waals surface area (Å²) in [5, 5.41) is 0. The van der Waals surface area contributed by atoms with E-state index in [2.05, 4.69) is 11.9 Å². The van der Waals surface area contributed by atoms with Crippen molar-refractivity contribution in [3.05, 3.63) is 35.1 Å². The molecule has 0 spiro atoms. The number of nitrogens with zero attached hydrogens (tertiary/aromatic N) is 2. The highest BCUT2D eigenvalue weighted by Crippen LogP contribution is 2.30. The van der Waals surface area contributed by atoms with Gasteiger partial charge < -0.3 is 9.80 Å². The lowest BCUT2D eigenvalue weighted by Gasteiger charge is -2.33. The van der Waals surface area contributed by atoms with Gasteiger partial charge in [0.1, 0.15) is 5.82 Å². The molecule has 0 radical (unpaired) electrons. The maximum atomic E-state index is 13.5. The predicted octanol–water partition coefficient (Wildman–Crippen LogP) is 2.83. The lowest BCUT2D eigenvalue weighted by Crippen LogP contribution is -2.47. The van der Waals surface area contributed by atoms with Gasteiger partial charge >= 0.3 is 0 Å². The molecule has 0 saturated carbocycles. The molecule has 2 unspecified atom stereocenters. The van der Waals surface area contributed by atoms with Crippen LogP contribution in [0.4, 0.5) is 4.39 Å². The molecule has 3 rings (SSSR count). The Balaban J connectivity index is 1.84. The minimum atomic E-state index is -0.335. The summed E-state index contributed by atoms with van der Waals surface area (Å²) >= 11 is 0. The first-order valence-electron chi connectivity index (χ1n) is 7.85. The van der Waals surface area contributed by atoms with E-state index in [0.29, 0.717) is 11.6 Å². The van der Waals surface area contributed by atoms with Gasteiger partial charge in [0.15, 0.2) is 0 Å². The van der Waals surface area contributed by atoms with E-state index in [0.717, 1.165) is 37.9 Å². The molecule has 2 atom stereocenters. The zero-order valence-electron chi connectivity index (χ0n) is 12.8. The lowest BCUT2D eigenvalue weighted by atomic mass is 10.0. The average Bonchev–Trinajstić information content (AvgIpc) is 3.08. The lowest BCUT2D eigenvalue weighted by molar-refractivity contribution is 0.0663. The number of likely N-dealkylation sites (N-methyl/N-ethyl adjacent to an activating group) is 1. The number of hydrogen-bond acceptors (Lipinski definition) is 2. The second-order valence-corrected chi connectivity index (χ2v) is 6.36. The summed E-state index contributed by atoms with van der Waals surface area (Å²) in [6, 6.07) is 5.23. The van der Waals surface area contributed by atoms with Crippen molar-refractivity contribution in [3.63, 3.8) is 0 Å². The number of benzene rings is 1. The molecule has 2 aliphatic heterocycles. The first-order chi connectivity index (χ1) is 10.1. The Morgan fingerprint density at radius 2 is 1.90 bits per heavy atom. The number of likely N-dealkylation sites (tertiary alicyclic amines) is 2. The molecule has 0 N–H and O–H groups in total.